The minimum Gasteiger partial charge on any atom is -0.508 e. The number of aliphatic hydroxyl groups excluding tert-OH is 2. The Morgan fingerprint density at radius 3 is 2.30 bits per heavy atom. The van der Waals surface area contributed by atoms with Gasteiger partial charge in [0.2, 0.25) is 5.78 Å². The van der Waals surface area contributed by atoms with Gasteiger partial charge in [0.25, 0.3) is 5.91 Å². The predicted octanol–water partition coefficient (Wildman–Crippen LogP) is 3.53. The van der Waals surface area contributed by atoms with Gasteiger partial charge in [-0.3, -0.25) is 24.2 Å². The molecule has 0 aromatic heterocycles. The summed E-state index contributed by atoms with van der Waals surface area (Å²) in [6.45, 7) is 4.04. The van der Waals surface area contributed by atoms with Crippen molar-refractivity contribution in [2.45, 2.75) is 52.3 Å². The van der Waals surface area contributed by atoms with Crippen molar-refractivity contribution in [1.82, 2.24) is 9.80 Å². The Kier molecular flexibility index (Phi) is 9.59. The number of amides is 1. The minimum atomic E-state index is -2.86. The number of halogens is 3. The maximum atomic E-state index is 15.0. The molecular weight excluding hydrogens is 583 g/mol. The normalized spacial score (nSPS) is 25.1. The predicted molar refractivity (Wildman–Crippen MR) is 157 cm³/mol. The summed E-state index contributed by atoms with van der Waals surface area (Å²) in [5.74, 6) is -10.6. The molecule has 1 amide bonds. The number of carbonyl (C=O) groups is 3. The van der Waals surface area contributed by atoms with Gasteiger partial charge in [-0.2, -0.15) is 8.78 Å². The topological polar surface area (TPSA) is 165 Å². The van der Waals surface area contributed by atoms with Gasteiger partial charge in [0, 0.05) is 35.7 Å². The molecule has 1 aromatic carbocycles. The zero-order chi connectivity index (χ0) is 32.3. The molecule has 0 heterocycles. The van der Waals surface area contributed by atoms with Crippen LogP contribution in [0.2, 0.25) is 0 Å². The van der Waals surface area contributed by atoms with Gasteiger partial charge < -0.3 is 26.2 Å². The smallest absolute Gasteiger partial charge is 0.306 e. The molecule has 0 bridgehead atoms. The molecule has 3 aliphatic carbocycles. The summed E-state index contributed by atoms with van der Waals surface area (Å²) in [4.78, 5) is 42.4. The maximum absolute atomic E-state index is 15.0. The number of fused-ring (bicyclic) bond motifs is 3. The summed E-state index contributed by atoms with van der Waals surface area (Å²) in [6.07, 6.45) is -1.36. The molecule has 10 nitrogen and oxygen atoms in total. The molecule has 3 aliphatic rings. The number of ketones is 2. The first-order valence-corrected chi connectivity index (χ1v) is 13.5. The van der Waals surface area contributed by atoms with Crippen LogP contribution in [0, 0.1) is 11.8 Å². The fraction of sp³-hybridized carbons (Fsp3) is 0.452. The molecular formula is C31H38F3N3O7. The molecule has 0 spiro atoms. The lowest BCUT2D eigenvalue weighted by Crippen LogP contribution is -2.65. The summed E-state index contributed by atoms with van der Waals surface area (Å²) in [5, 5.41) is 45.4. The molecule has 0 unspecified atom stereocenters. The van der Waals surface area contributed by atoms with Gasteiger partial charge in [0.1, 0.15) is 22.8 Å². The average molecular weight is 622 g/mol. The van der Waals surface area contributed by atoms with Crippen LogP contribution in [-0.2, 0) is 27.3 Å². The van der Waals surface area contributed by atoms with Crippen LogP contribution in [0.3, 0.4) is 0 Å². The fourth-order valence-corrected chi connectivity index (χ4v) is 6.65. The number of aliphatic hydroxyl groups is 3. The highest BCUT2D eigenvalue weighted by molar-refractivity contribution is 6.24. The van der Waals surface area contributed by atoms with Gasteiger partial charge in [-0.25, -0.2) is 4.39 Å². The van der Waals surface area contributed by atoms with Gasteiger partial charge in [0.05, 0.1) is 11.6 Å². The Hall–Kier alpha value is -3.94. The summed E-state index contributed by atoms with van der Waals surface area (Å²) >= 11 is 0. The number of hydrogen-bond donors (Lipinski definition) is 5. The number of phenolic OH excluding ortho intramolecular Hbond substituents is 1. The van der Waals surface area contributed by atoms with E-state index in [1.54, 1.807) is 11.9 Å². The summed E-state index contributed by atoms with van der Waals surface area (Å²) in [5.41, 5.74) is 0.740. The third-order valence-electron chi connectivity index (χ3n) is 8.65. The van der Waals surface area contributed by atoms with Crippen molar-refractivity contribution in [3.63, 3.8) is 0 Å². The first kappa shape index (κ1) is 34.5. The van der Waals surface area contributed by atoms with Crippen LogP contribution in [0.5, 0.6) is 5.75 Å². The molecule has 240 valence electrons. The van der Waals surface area contributed by atoms with Gasteiger partial charge in [-0.05, 0) is 65.4 Å². The van der Waals surface area contributed by atoms with E-state index in [1.165, 1.54) is 19.0 Å². The number of hydrogen-bond acceptors (Lipinski definition) is 9. The highest BCUT2D eigenvalue weighted by atomic mass is 19.3. The lowest BCUT2D eigenvalue weighted by atomic mass is 9.57. The van der Waals surface area contributed by atoms with E-state index in [1.807, 2.05) is 19.9 Å². The number of phenols is 1. The molecule has 1 saturated carbocycles. The van der Waals surface area contributed by atoms with E-state index >= 15 is 0 Å². The van der Waals surface area contributed by atoms with Gasteiger partial charge in [-0.15, -0.1) is 0 Å². The highest BCUT2D eigenvalue weighted by Gasteiger charge is 2.64. The van der Waals surface area contributed by atoms with Crippen molar-refractivity contribution >= 4 is 29.1 Å². The van der Waals surface area contributed by atoms with Gasteiger partial charge in [0.15, 0.2) is 17.2 Å². The fourth-order valence-electron chi connectivity index (χ4n) is 6.65. The third-order valence-corrected chi connectivity index (χ3v) is 8.65. The summed E-state index contributed by atoms with van der Waals surface area (Å²) in [6, 6.07) is -0.243. The number of primary amides is 1. The molecule has 6 N–H and O–H groups in total. The van der Waals surface area contributed by atoms with Crippen LogP contribution in [0.4, 0.5) is 13.2 Å². The number of Topliss-reactive ketones (excluding diaryl/α,β-unsaturated/α-hetero) is 2. The first-order chi connectivity index (χ1) is 20.0. The number of allylic oxidation sites excluding steroid dienone is 1. The molecule has 0 saturated heterocycles. The van der Waals surface area contributed by atoms with E-state index in [2.05, 4.69) is 0 Å². The number of benzene rings is 1. The number of aromatic hydroxyl groups is 1. The molecule has 1 fully saturated rings. The highest BCUT2D eigenvalue weighted by Crippen LogP contribution is 2.54. The molecule has 0 radical (unpaired) electrons. The lowest BCUT2D eigenvalue weighted by molar-refractivity contribution is -0.153. The van der Waals surface area contributed by atoms with E-state index in [4.69, 9.17) is 5.73 Å². The largest absolute Gasteiger partial charge is 0.508 e. The van der Waals surface area contributed by atoms with Crippen molar-refractivity contribution in [2.24, 2.45) is 17.6 Å². The molecule has 13 heteroatoms. The number of likely N-dealkylation sites (N-methyl/N-ethyl adjacent to an activating group) is 2. The zero-order valence-corrected chi connectivity index (χ0v) is 24.3. The van der Waals surface area contributed by atoms with Crippen molar-refractivity contribution in [2.75, 3.05) is 27.7 Å². The van der Waals surface area contributed by atoms with Crippen molar-refractivity contribution in [1.29, 1.82) is 0 Å². The Morgan fingerprint density at radius 1 is 1.16 bits per heavy atom. The van der Waals surface area contributed by atoms with Crippen LogP contribution in [0.1, 0.15) is 49.9 Å². The molecule has 1 aromatic rings. The average Bonchev–Trinajstić information content (AvgIpc) is 2.91. The van der Waals surface area contributed by atoms with Crippen molar-refractivity contribution in [3.8, 4) is 5.75 Å². The molecule has 4 rings (SSSR count). The van der Waals surface area contributed by atoms with Crippen molar-refractivity contribution in [3.05, 3.63) is 63.0 Å². The van der Waals surface area contributed by atoms with E-state index in [0.29, 0.717) is 6.54 Å². The molecule has 44 heavy (non-hydrogen) atoms. The van der Waals surface area contributed by atoms with Crippen LogP contribution in [0.15, 0.2) is 40.7 Å². The zero-order valence-electron chi connectivity index (χ0n) is 24.3. The lowest BCUT2D eigenvalue weighted by Gasteiger charge is -2.50. The van der Waals surface area contributed by atoms with Crippen LogP contribution in [0.25, 0.3) is 11.6 Å². The number of carbonyl (C=O) groups excluding carboxylic acids is 3. The Morgan fingerprint density at radius 2 is 1.77 bits per heavy atom. The molecule has 0 aliphatic heterocycles. The Balaban J connectivity index is 0.00000529. The van der Waals surface area contributed by atoms with Crippen molar-refractivity contribution < 1.29 is 48.0 Å². The molecule has 4 atom stereocenters. The van der Waals surface area contributed by atoms with Crippen LogP contribution in [-0.4, -0.2) is 87.0 Å². The van der Waals surface area contributed by atoms with E-state index in [-0.39, 0.29) is 37.9 Å². The third kappa shape index (κ3) is 5.22. The van der Waals surface area contributed by atoms with E-state index in [0.717, 1.165) is 11.6 Å². The number of nitrogens with two attached hydrogens (primary N) is 1. The van der Waals surface area contributed by atoms with E-state index < -0.39 is 92.4 Å². The Labute approximate surface area is 253 Å². The standard InChI is InChI=1S/C30H34F3N3O7.CH4/c1-6-12(2)10-36(5)11-14-8-16(21(31)28(32)33)15-7-13-9-17-22(35(3)4)25(39)20(29(34)42)27(41)30(17,43)26(40)18(13)24(38)19(15)23(14)37;/h6,8,13,17,22,37-38,41,43H,7,9-11H2,1-5H3,(H2,34,42);1H4/b12-6+;/t13-,17-,22-,30-;/m0./s1. The number of nitrogens with zero attached hydrogens (tertiary/aromatic N) is 2. The van der Waals surface area contributed by atoms with Gasteiger partial charge >= 0.3 is 6.08 Å². The monoisotopic (exact) mass is 621 g/mol. The minimum absolute atomic E-state index is 0. The SMILES string of the molecule is C.C/C=C(\C)CN(C)Cc1cc(C(F)=C(F)F)c2c(c1O)C(O)=C1C(=O)[C@]3(O)C(O)=C(C(N)=O)C(=O)[C@@H](N(C)C)[C@@H]3C[C@@H]1C2. The summed E-state index contributed by atoms with van der Waals surface area (Å²) in [7, 11) is 4.58. The summed E-state index contributed by atoms with van der Waals surface area (Å²) < 4.78 is 42.3. The van der Waals surface area contributed by atoms with Crippen LogP contribution < -0.4 is 5.73 Å². The van der Waals surface area contributed by atoms with E-state index in [9.17, 15) is 48.0 Å². The van der Waals surface area contributed by atoms with Crippen LogP contribution >= 0.6 is 0 Å². The maximum Gasteiger partial charge on any atom is 0.306 e. The van der Waals surface area contributed by atoms with Gasteiger partial charge in [-0.1, -0.05) is 19.1 Å². The Bertz CT molecular complexity index is 1560. The second-order valence-electron chi connectivity index (χ2n) is 11.6. The second kappa shape index (κ2) is 12.2. The number of rotatable bonds is 7. The quantitative estimate of drug-likeness (QED) is 0.226. The first-order valence-electron chi connectivity index (χ1n) is 13.5. The second-order valence-corrected chi connectivity index (χ2v) is 11.6.